The van der Waals surface area contributed by atoms with E-state index in [1.54, 1.807) is 11.7 Å². The van der Waals surface area contributed by atoms with E-state index in [1.807, 2.05) is 13.8 Å². The summed E-state index contributed by atoms with van der Waals surface area (Å²) in [5.41, 5.74) is 1.02. The predicted molar refractivity (Wildman–Crippen MR) is 75.4 cm³/mol. The molecule has 102 valence electrons. The zero-order chi connectivity index (χ0) is 14.2. The van der Waals surface area contributed by atoms with Crippen molar-refractivity contribution in [3.8, 4) is 0 Å². The quantitative estimate of drug-likeness (QED) is 0.841. The molecular formula is C12H15BrN4O2. The molecule has 0 aliphatic carbocycles. The van der Waals surface area contributed by atoms with Crippen molar-refractivity contribution in [3.05, 3.63) is 49.0 Å². The molecule has 0 radical (unpaired) electrons. The van der Waals surface area contributed by atoms with E-state index < -0.39 is 0 Å². The lowest BCUT2D eigenvalue weighted by Crippen LogP contribution is -2.39. The number of hydrogen-bond donors (Lipinski definition) is 0. The Kier molecular flexibility index (Phi) is 3.75. The molecule has 0 atom stereocenters. The molecule has 0 bridgehead atoms. The predicted octanol–water partition coefficient (Wildman–Crippen LogP) is 0.883. The summed E-state index contributed by atoms with van der Waals surface area (Å²) in [5.74, 6) is 0. The maximum absolute atomic E-state index is 12.1. The van der Waals surface area contributed by atoms with E-state index >= 15 is 0 Å². The highest BCUT2D eigenvalue weighted by atomic mass is 79.9. The maximum Gasteiger partial charge on any atom is 0.331 e. The molecule has 0 unspecified atom stereocenters. The van der Waals surface area contributed by atoms with Crippen LogP contribution < -0.4 is 11.2 Å². The number of aromatic nitrogens is 4. The van der Waals surface area contributed by atoms with Crippen molar-refractivity contribution >= 4 is 15.9 Å². The molecule has 0 N–H and O–H groups in total. The fourth-order valence-corrected chi connectivity index (χ4v) is 2.41. The van der Waals surface area contributed by atoms with E-state index in [4.69, 9.17) is 0 Å². The third kappa shape index (κ3) is 2.42. The van der Waals surface area contributed by atoms with Crippen LogP contribution in [0.1, 0.15) is 18.3 Å². The summed E-state index contributed by atoms with van der Waals surface area (Å²) in [7, 11) is 1.79. The lowest BCUT2D eigenvalue weighted by Gasteiger charge is -2.08. The lowest BCUT2D eigenvalue weighted by molar-refractivity contribution is 0.574. The minimum absolute atomic E-state index is 0.205. The van der Waals surface area contributed by atoms with E-state index in [2.05, 4.69) is 21.0 Å². The molecule has 0 saturated carbocycles. The highest BCUT2D eigenvalue weighted by molar-refractivity contribution is 9.10. The largest absolute Gasteiger partial charge is 0.331 e. The number of rotatable bonds is 3. The van der Waals surface area contributed by atoms with Crippen molar-refractivity contribution in [1.82, 2.24) is 18.9 Å². The Bertz CT molecular complexity index is 726. The zero-order valence-corrected chi connectivity index (χ0v) is 12.6. The maximum atomic E-state index is 12.1. The molecular weight excluding hydrogens is 312 g/mol. The van der Waals surface area contributed by atoms with Gasteiger partial charge < -0.3 is 4.57 Å². The van der Waals surface area contributed by atoms with E-state index in [0.29, 0.717) is 6.54 Å². The molecule has 2 heterocycles. The Labute approximate surface area is 118 Å². The third-order valence-electron chi connectivity index (χ3n) is 3.05. The minimum Gasteiger partial charge on any atom is -0.301 e. The summed E-state index contributed by atoms with van der Waals surface area (Å²) in [6, 6.07) is 1.40. The van der Waals surface area contributed by atoms with Crippen LogP contribution in [0.2, 0.25) is 0 Å². The number of nitrogens with zero attached hydrogens (tertiary/aromatic N) is 4. The van der Waals surface area contributed by atoms with Crippen molar-refractivity contribution in [2.45, 2.75) is 26.9 Å². The minimum atomic E-state index is -0.305. The van der Waals surface area contributed by atoms with Crippen molar-refractivity contribution in [1.29, 1.82) is 0 Å². The molecule has 2 aromatic heterocycles. The van der Waals surface area contributed by atoms with Crippen LogP contribution in [0, 0.1) is 6.92 Å². The van der Waals surface area contributed by atoms with E-state index in [-0.39, 0.29) is 17.8 Å². The van der Waals surface area contributed by atoms with Gasteiger partial charge in [-0.3, -0.25) is 14.0 Å². The Morgan fingerprint density at radius 1 is 1.37 bits per heavy atom. The molecule has 0 saturated heterocycles. The number of halogens is 1. The van der Waals surface area contributed by atoms with Gasteiger partial charge in [0.15, 0.2) is 0 Å². The Balaban J connectivity index is 2.55. The van der Waals surface area contributed by atoms with Gasteiger partial charge in [-0.2, -0.15) is 5.10 Å². The van der Waals surface area contributed by atoms with Crippen LogP contribution in [0.5, 0.6) is 0 Å². The summed E-state index contributed by atoms with van der Waals surface area (Å²) in [4.78, 5) is 24.0. The van der Waals surface area contributed by atoms with E-state index in [0.717, 1.165) is 15.9 Å². The standard InChI is InChI=1S/C12H15BrN4O2/c1-4-16-6-5-10(18)17(12(16)19)7-9-11(13)8(2)14-15(9)3/h5-6H,4,7H2,1-3H3. The first-order valence-corrected chi connectivity index (χ1v) is 6.73. The average Bonchev–Trinajstić information content (AvgIpc) is 2.60. The first-order valence-electron chi connectivity index (χ1n) is 5.94. The third-order valence-corrected chi connectivity index (χ3v) is 4.08. The summed E-state index contributed by atoms with van der Waals surface area (Å²) < 4.78 is 5.21. The van der Waals surface area contributed by atoms with Gasteiger partial charge in [0.2, 0.25) is 0 Å². The Morgan fingerprint density at radius 2 is 2.05 bits per heavy atom. The molecule has 0 aromatic carbocycles. The summed E-state index contributed by atoms with van der Waals surface area (Å²) in [6.45, 7) is 4.47. The smallest absolute Gasteiger partial charge is 0.301 e. The van der Waals surface area contributed by atoms with Gasteiger partial charge in [0, 0.05) is 25.9 Å². The molecule has 0 spiro atoms. The molecule has 7 heteroatoms. The molecule has 0 aliphatic heterocycles. The molecule has 2 aromatic rings. The van der Waals surface area contributed by atoms with Crippen LogP contribution in [0.25, 0.3) is 0 Å². The molecule has 0 aliphatic rings. The van der Waals surface area contributed by atoms with Gasteiger partial charge >= 0.3 is 5.69 Å². The molecule has 2 rings (SSSR count). The average molecular weight is 327 g/mol. The van der Waals surface area contributed by atoms with Crippen LogP contribution in [-0.2, 0) is 20.1 Å². The fourth-order valence-electron chi connectivity index (χ4n) is 1.94. The van der Waals surface area contributed by atoms with E-state index in [9.17, 15) is 9.59 Å². The van der Waals surface area contributed by atoms with Crippen LogP contribution >= 0.6 is 15.9 Å². The SMILES string of the molecule is CCn1ccc(=O)n(Cc2c(Br)c(C)nn2C)c1=O. The zero-order valence-electron chi connectivity index (χ0n) is 11.1. The number of aryl methyl sites for hydroxylation is 3. The topological polar surface area (TPSA) is 61.8 Å². The highest BCUT2D eigenvalue weighted by Crippen LogP contribution is 2.20. The lowest BCUT2D eigenvalue weighted by atomic mass is 10.3. The van der Waals surface area contributed by atoms with Gasteiger partial charge in [-0.15, -0.1) is 0 Å². The second-order valence-corrected chi connectivity index (χ2v) is 5.07. The first kappa shape index (κ1) is 13.8. The van der Waals surface area contributed by atoms with Gasteiger partial charge in [0.05, 0.1) is 22.4 Å². The van der Waals surface area contributed by atoms with Gasteiger partial charge in [-0.25, -0.2) is 4.79 Å². The van der Waals surface area contributed by atoms with Gasteiger partial charge in [-0.05, 0) is 29.8 Å². The van der Waals surface area contributed by atoms with Gasteiger partial charge in [0.1, 0.15) is 0 Å². The van der Waals surface area contributed by atoms with Crippen molar-refractivity contribution in [3.63, 3.8) is 0 Å². The number of hydrogen-bond acceptors (Lipinski definition) is 3. The fraction of sp³-hybridized carbons (Fsp3) is 0.417. The summed E-state index contributed by atoms with van der Waals surface area (Å²) in [5, 5.41) is 4.25. The van der Waals surface area contributed by atoms with Gasteiger partial charge in [-0.1, -0.05) is 0 Å². The Hall–Kier alpha value is -1.63. The molecule has 0 fully saturated rings. The second-order valence-electron chi connectivity index (χ2n) is 4.28. The van der Waals surface area contributed by atoms with Crippen molar-refractivity contribution in [2.75, 3.05) is 0 Å². The van der Waals surface area contributed by atoms with Crippen molar-refractivity contribution in [2.24, 2.45) is 7.05 Å². The van der Waals surface area contributed by atoms with Crippen LogP contribution in [-0.4, -0.2) is 18.9 Å². The molecule has 6 nitrogen and oxygen atoms in total. The van der Waals surface area contributed by atoms with Crippen LogP contribution in [0.15, 0.2) is 26.3 Å². The molecule has 19 heavy (non-hydrogen) atoms. The molecule has 0 amide bonds. The van der Waals surface area contributed by atoms with Crippen molar-refractivity contribution < 1.29 is 0 Å². The Morgan fingerprint density at radius 3 is 2.58 bits per heavy atom. The monoisotopic (exact) mass is 326 g/mol. The second kappa shape index (κ2) is 5.16. The summed E-state index contributed by atoms with van der Waals surface area (Å²) >= 11 is 3.44. The van der Waals surface area contributed by atoms with Gasteiger partial charge in [0.25, 0.3) is 5.56 Å². The van der Waals surface area contributed by atoms with Crippen LogP contribution in [0.4, 0.5) is 0 Å². The normalized spacial score (nSPS) is 10.9. The van der Waals surface area contributed by atoms with E-state index in [1.165, 1.54) is 21.4 Å². The first-order chi connectivity index (χ1) is 8.95. The highest BCUT2D eigenvalue weighted by Gasteiger charge is 2.13. The summed E-state index contributed by atoms with van der Waals surface area (Å²) in [6.07, 6.45) is 1.52. The van der Waals surface area contributed by atoms with Crippen LogP contribution in [0.3, 0.4) is 0 Å².